The number of anilines is 3. The second-order valence-corrected chi connectivity index (χ2v) is 16.9. The number of aromatic nitrogens is 1. The first-order chi connectivity index (χ1) is 31.7. The van der Waals surface area contributed by atoms with Gasteiger partial charge in [-0.1, -0.05) is 176 Å². The Labute approximate surface area is 371 Å². The Morgan fingerprint density at radius 1 is 0.281 bits per heavy atom. The molecule has 0 amide bonds. The summed E-state index contributed by atoms with van der Waals surface area (Å²) in [7, 11) is 0. The van der Waals surface area contributed by atoms with Crippen LogP contribution in [-0.2, 0) is 0 Å². The van der Waals surface area contributed by atoms with Gasteiger partial charge in [-0.15, -0.1) is 0 Å². The van der Waals surface area contributed by atoms with Crippen LogP contribution in [-0.4, -0.2) is 4.57 Å². The molecule has 298 valence electrons. The van der Waals surface area contributed by atoms with Crippen molar-refractivity contribution in [3.05, 3.63) is 243 Å². The summed E-state index contributed by atoms with van der Waals surface area (Å²) in [6, 6.07) is 89.2. The summed E-state index contributed by atoms with van der Waals surface area (Å²) >= 11 is 0. The van der Waals surface area contributed by atoms with E-state index in [9.17, 15) is 0 Å². The Kier molecular flexibility index (Phi) is 8.25. The normalized spacial score (nSPS) is 11.8. The van der Waals surface area contributed by atoms with E-state index in [1.54, 1.807) is 0 Å². The van der Waals surface area contributed by atoms with Crippen LogP contribution in [0.15, 0.2) is 243 Å². The van der Waals surface area contributed by atoms with E-state index >= 15 is 0 Å². The molecule has 0 radical (unpaired) electrons. The fourth-order valence-corrected chi connectivity index (χ4v) is 10.3. The van der Waals surface area contributed by atoms with Crippen LogP contribution in [0.3, 0.4) is 0 Å². The molecule has 0 aliphatic rings. The second kappa shape index (κ2) is 14.6. The fourth-order valence-electron chi connectivity index (χ4n) is 10.3. The van der Waals surface area contributed by atoms with Crippen molar-refractivity contribution in [3.8, 4) is 27.9 Å². The molecule has 13 aromatic rings. The molecule has 0 N–H and O–H groups in total. The van der Waals surface area contributed by atoms with E-state index in [4.69, 9.17) is 0 Å². The van der Waals surface area contributed by atoms with E-state index in [0.717, 1.165) is 22.7 Å². The maximum Gasteiger partial charge on any atom is 0.0547 e. The number of hydrogen-bond acceptors (Lipinski definition) is 1. The van der Waals surface area contributed by atoms with Crippen LogP contribution in [0.2, 0.25) is 0 Å². The Morgan fingerprint density at radius 3 is 1.70 bits per heavy atom. The molecule has 2 nitrogen and oxygen atoms in total. The van der Waals surface area contributed by atoms with Crippen molar-refractivity contribution in [2.24, 2.45) is 0 Å². The summed E-state index contributed by atoms with van der Waals surface area (Å²) in [5.41, 5.74) is 11.6. The average molecular weight is 813 g/mol. The lowest BCUT2D eigenvalue weighted by Gasteiger charge is -2.28. The van der Waals surface area contributed by atoms with E-state index in [1.807, 2.05) is 0 Å². The van der Waals surface area contributed by atoms with Gasteiger partial charge in [0, 0.05) is 33.2 Å². The molecule has 12 aromatic carbocycles. The molecule has 0 saturated heterocycles. The lowest BCUT2D eigenvalue weighted by molar-refractivity contribution is 1.18. The molecule has 0 bridgehead atoms. The van der Waals surface area contributed by atoms with Crippen molar-refractivity contribution in [1.82, 2.24) is 4.57 Å². The zero-order valence-corrected chi connectivity index (χ0v) is 35.0. The predicted octanol–water partition coefficient (Wildman–Crippen LogP) is 17.4. The van der Waals surface area contributed by atoms with Crippen LogP contribution in [0.4, 0.5) is 17.1 Å². The molecule has 13 rings (SSSR count). The largest absolute Gasteiger partial charge is 0.310 e. The third kappa shape index (κ3) is 5.81. The second-order valence-electron chi connectivity index (χ2n) is 16.9. The summed E-state index contributed by atoms with van der Waals surface area (Å²) in [6.45, 7) is 0. The molecule has 0 atom stereocenters. The molecule has 0 saturated carbocycles. The van der Waals surface area contributed by atoms with E-state index < -0.39 is 0 Å². The minimum Gasteiger partial charge on any atom is -0.310 e. The summed E-state index contributed by atoms with van der Waals surface area (Å²) < 4.78 is 2.43. The van der Waals surface area contributed by atoms with Crippen LogP contribution >= 0.6 is 0 Å². The number of fused-ring (bicyclic) bond motifs is 10. The SMILES string of the molecule is c1ccc(-n2c3cc4ccccc4cc3c3c(-c4cccc(N(c5ccc(-c6ccc7c(ccc8ccccc87)c6)cc5)c5cc6ccccc6c6ccccc56)c4)cccc32)cc1. The highest BCUT2D eigenvalue weighted by atomic mass is 15.1. The first-order valence-corrected chi connectivity index (χ1v) is 22.1. The molecule has 64 heavy (non-hydrogen) atoms. The average Bonchev–Trinajstić information content (AvgIpc) is 3.69. The van der Waals surface area contributed by atoms with Gasteiger partial charge in [-0.2, -0.15) is 0 Å². The predicted molar refractivity (Wildman–Crippen MR) is 274 cm³/mol. The van der Waals surface area contributed by atoms with E-state index in [1.165, 1.54) is 97.9 Å². The van der Waals surface area contributed by atoms with Gasteiger partial charge in [0.15, 0.2) is 0 Å². The summed E-state index contributed by atoms with van der Waals surface area (Å²) in [5.74, 6) is 0. The highest BCUT2D eigenvalue weighted by molar-refractivity contribution is 6.19. The topological polar surface area (TPSA) is 8.17 Å². The summed E-state index contributed by atoms with van der Waals surface area (Å²) in [4.78, 5) is 2.45. The molecule has 2 heteroatoms. The molecule has 1 heterocycles. The number of benzene rings is 12. The quantitative estimate of drug-likeness (QED) is 0.152. The fraction of sp³-hybridized carbons (Fsp3) is 0. The van der Waals surface area contributed by atoms with Crippen molar-refractivity contribution < 1.29 is 0 Å². The van der Waals surface area contributed by atoms with Crippen LogP contribution in [0.1, 0.15) is 0 Å². The van der Waals surface area contributed by atoms with Crippen LogP contribution in [0, 0.1) is 0 Å². The lowest BCUT2D eigenvalue weighted by atomic mass is 9.96. The van der Waals surface area contributed by atoms with Crippen molar-refractivity contribution in [3.63, 3.8) is 0 Å². The Bertz CT molecular complexity index is 3950. The molecule has 0 unspecified atom stereocenters. The molecule has 1 aromatic heterocycles. The smallest absolute Gasteiger partial charge is 0.0547 e. The van der Waals surface area contributed by atoms with Gasteiger partial charge in [0.2, 0.25) is 0 Å². The van der Waals surface area contributed by atoms with Crippen molar-refractivity contribution in [2.75, 3.05) is 4.90 Å². The zero-order valence-electron chi connectivity index (χ0n) is 35.0. The van der Waals surface area contributed by atoms with Gasteiger partial charge in [0.25, 0.3) is 0 Å². The highest BCUT2D eigenvalue weighted by Crippen LogP contribution is 2.45. The third-order valence-corrected chi connectivity index (χ3v) is 13.3. The van der Waals surface area contributed by atoms with Gasteiger partial charge >= 0.3 is 0 Å². The first kappa shape index (κ1) is 36.2. The maximum atomic E-state index is 2.45. The van der Waals surface area contributed by atoms with E-state index in [2.05, 4.69) is 252 Å². The molecular formula is C62H40N2. The van der Waals surface area contributed by atoms with Gasteiger partial charge in [-0.25, -0.2) is 0 Å². The number of para-hydroxylation sites is 1. The van der Waals surface area contributed by atoms with Crippen molar-refractivity contribution in [2.45, 2.75) is 0 Å². The molecular weight excluding hydrogens is 773 g/mol. The van der Waals surface area contributed by atoms with Gasteiger partial charge in [-0.3, -0.25) is 0 Å². The molecule has 0 spiro atoms. The Morgan fingerprint density at radius 2 is 0.891 bits per heavy atom. The molecule has 0 aliphatic heterocycles. The van der Waals surface area contributed by atoms with E-state index in [0.29, 0.717) is 0 Å². The third-order valence-electron chi connectivity index (χ3n) is 13.3. The monoisotopic (exact) mass is 812 g/mol. The Balaban J connectivity index is 1.01. The number of rotatable bonds is 6. The van der Waals surface area contributed by atoms with Gasteiger partial charge in [0.05, 0.1) is 16.7 Å². The molecule has 0 fully saturated rings. The van der Waals surface area contributed by atoms with Crippen LogP contribution < -0.4 is 4.90 Å². The van der Waals surface area contributed by atoms with Gasteiger partial charge in [0.1, 0.15) is 0 Å². The van der Waals surface area contributed by atoms with Crippen LogP contribution in [0.5, 0.6) is 0 Å². The minimum absolute atomic E-state index is 1.09. The van der Waals surface area contributed by atoms with Crippen LogP contribution in [0.25, 0.3) is 104 Å². The summed E-state index contributed by atoms with van der Waals surface area (Å²) in [6.07, 6.45) is 0. The maximum absolute atomic E-state index is 2.45. The van der Waals surface area contributed by atoms with Crippen molar-refractivity contribution in [1.29, 1.82) is 0 Å². The first-order valence-electron chi connectivity index (χ1n) is 22.1. The zero-order chi connectivity index (χ0) is 42.1. The standard InChI is InChI=1S/C62H40N2/c1-2-19-49(20-3-1)64-59-27-13-26-55(62(59)58-38-43-15-4-5-16-44(43)39-61(58)64)46-18-12-21-51(37-46)63(60-40-47-17-7-9-23-53(47)56-24-10-11-25-57(56)60)50-33-30-41(31-34-50)45-32-35-54-48(36-45)29-28-42-14-6-8-22-52(42)54/h1-40H. The summed E-state index contributed by atoms with van der Waals surface area (Å²) in [5, 5.41) is 15.0. The Hall–Kier alpha value is -8.46. The molecule has 0 aliphatic carbocycles. The highest BCUT2D eigenvalue weighted by Gasteiger charge is 2.21. The number of nitrogens with zero attached hydrogens (tertiary/aromatic N) is 2. The van der Waals surface area contributed by atoms with Crippen molar-refractivity contribution >= 4 is 92.7 Å². The van der Waals surface area contributed by atoms with Gasteiger partial charge < -0.3 is 9.47 Å². The van der Waals surface area contributed by atoms with E-state index in [-0.39, 0.29) is 0 Å². The number of hydrogen-bond donors (Lipinski definition) is 0. The lowest BCUT2D eigenvalue weighted by Crippen LogP contribution is -2.11. The minimum atomic E-state index is 1.09. The van der Waals surface area contributed by atoms with Gasteiger partial charge in [-0.05, 0) is 137 Å².